The second-order valence-electron chi connectivity index (χ2n) is 4.67. The summed E-state index contributed by atoms with van der Waals surface area (Å²) in [5.74, 6) is 2.32. The van der Waals surface area contributed by atoms with Gasteiger partial charge in [-0.15, -0.1) is 0 Å². The SMILES string of the molecule is CNC(Cc1ncnn1CC(C)C)c1ncn[nH]1. The van der Waals surface area contributed by atoms with E-state index < -0.39 is 0 Å². The predicted octanol–water partition coefficient (Wildman–Crippen LogP) is 0.555. The van der Waals surface area contributed by atoms with Gasteiger partial charge in [0.15, 0.2) is 0 Å². The molecule has 2 heterocycles. The molecule has 0 saturated carbocycles. The third-order valence-corrected chi connectivity index (χ3v) is 2.73. The van der Waals surface area contributed by atoms with Gasteiger partial charge in [0.1, 0.15) is 24.3 Å². The quantitative estimate of drug-likeness (QED) is 0.781. The second-order valence-corrected chi connectivity index (χ2v) is 4.67. The number of hydrogen-bond donors (Lipinski definition) is 2. The maximum absolute atomic E-state index is 4.32. The van der Waals surface area contributed by atoms with Gasteiger partial charge in [0.05, 0.1) is 6.04 Å². The summed E-state index contributed by atoms with van der Waals surface area (Å²) in [6.07, 6.45) is 3.85. The van der Waals surface area contributed by atoms with Crippen molar-refractivity contribution < 1.29 is 0 Å². The van der Waals surface area contributed by atoms with Crippen molar-refractivity contribution in [3.63, 3.8) is 0 Å². The number of likely N-dealkylation sites (N-methyl/N-ethyl adjacent to an activating group) is 1. The van der Waals surface area contributed by atoms with E-state index in [1.165, 1.54) is 6.33 Å². The second kappa shape index (κ2) is 5.72. The zero-order chi connectivity index (χ0) is 13.0. The summed E-state index contributed by atoms with van der Waals surface area (Å²) in [6, 6.07) is 0.0719. The van der Waals surface area contributed by atoms with Crippen LogP contribution in [0.4, 0.5) is 0 Å². The fourth-order valence-corrected chi connectivity index (χ4v) is 1.85. The molecule has 2 aromatic heterocycles. The highest BCUT2D eigenvalue weighted by Crippen LogP contribution is 2.13. The average Bonchev–Trinajstić information content (AvgIpc) is 2.96. The molecule has 0 spiro atoms. The Balaban J connectivity index is 2.10. The lowest BCUT2D eigenvalue weighted by atomic mass is 10.2. The first-order valence-electron chi connectivity index (χ1n) is 6.10. The monoisotopic (exact) mass is 249 g/mol. The lowest BCUT2D eigenvalue weighted by molar-refractivity contribution is 0.447. The fraction of sp³-hybridized carbons (Fsp3) is 0.636. The summed E-state index contributed by atoms with van der Waals surface area (Å²) in [4.78, 5) is 8.49. The highest BCUT2D eigenvalue weighted by molar-refractivity contribution is 4.98. The smallest absolute Gasteiger partial charge is 0.141 e. The van der Waals surface area contributed by atoms with Gasteiger partial charge in [0.25, 0.3) is 0 Å². The molecule has 0 aliphatic carbocycles. The summed E-state index contributed by atoms with van der Waals surface area (Å²) in [6.45, 7) is 5.21. The lowest BCUT2D eigenvalue weighted by Crippen LogP contribution is -2.23. The Hall–Kier alpha value is -1.76. The van der Waals surface area contributed by atoms with Gasteiger partial charge in [-0.05, 0) is 13.0 Å². The molecule has 2 aromatic rings. The van der Waals surface area contributed by atoms with E-state index in [2.05, 4.69) is 44.4 Å². The van der Waals surface area contributed by atoms with Crippen molar-refractivity contribution in [3.8, 4) is 0 Å². The number of nitrogens with zero attached hydrogens (tertiary/aromatic N) is 5. The van der Waals surface area contributed by atoms with Gasteiger partial charge in [0.2, 0.25) is 0 Å². The molecule has 0 saturated heterocycles. The van der Waals surface area contributed by atoms with Crippen molar-refractivity contribution in [2.45, 2.75) is 32.9 Å². The number of H-pyrrole nitrogens is 1. The number of rotatable bonds is 6. The highest BCUT2D eigenvalue weighted by atomic mass is 15.3. The molecule has 2 rings (SSSR count). The summed E-state index contributed by atoms with van der Waals surface area (Å²) < 4.78 is 1.95. The molecule has 0 bridgehead atoms. The van der Waals surface area contributed by atoms with Crippen LogP contribution in [0.2, 0.25) is 0 Å². The van der Waals surface area contributed by atoms with Crippen molar-refractivity contribution in [1.82, 2.24) is 35.3 Å². The maximum atomic E-state index is 4.32. The molecule has 7 nitrogen and oxygen atoms in total. The van der Waals surface area contributed by atoms with Crippen LogP contribution in [0.15, 0.2) is 12.7 Å². The van der Waals surface area contributed by atoms with E-state index in [1.807, 2.05) is 11.7 Å². The largest absolute Gasteiger partial charge is 0.310 e. The van der Waals surface area contributed by atoms with Gasteiger partial charge in [-0.3, -0.25) is 5.10 Å². The number of aromatic nitrogens is 6. The molecule has 1 unspecified atom stereocenters. The van der Waals surface area contributed by atoms with Crippen molar-refractivity contribution in [2.75, 3.05) is 7.05 Å². The molecule has 98 valence electrons. The molecule has 0 fully saturated rings. The molecular weight excluding hydrogens is 230 g/mol. The topological polar surface area (TPSA) is 84.3 Å². The van der Waals surface area contributed by atoms with Crippen LogP contribution >= 0.6 is 0 Å². The lowest BCUT2D eigenvalue weighted by Gasteiger charge is -2.14. The third-order valence-electron chi connectivity index (χ3n) is 2.73. The van der Waals surface area contributed by atoms with Crippen molar-refractivity contribution in [1.29, 1.82) is 0 Å². The highest BCUT2D eigenvalue weighted by Gasteiger charge is 2.16. The molecular formula is C11H19N7. The van der Waals surface area contributed by atoms with Crippen LogP contribution in [0.5, 0.6) is 0 Å². The molecule has 0 aromatic carbocycles. The Bertz CT molecular complexity index is 459. The average molecular weight is 249 g/mol. The van der Waals surface area contributed by atoms with Crippen LogP contribution < -0.4 is 5.32 Å². The van der Waals surface area contributed by atoms with Gasteiger partial charge in [-0.2, -0.15) is 10.2 Å². The zero-order valence-electron chi connectivity index (χ0n) is 11.0. The maximum Gasteiger partial charge on any atom is 0.141 e. The van der Waals surface area contributed by atoms with E-state index in [1.54, 1.807) is 6.33 Å². The van der Waals surface area contributed by atoms with Gasteiger partial charge < -0.3 is 5.32 Å². The summed E-state index contributed by atoms with van der Waals surface area (Å²) in [5, 5.41) is 14.2. The Labute approximate surface area is 106 Å². The standard InChI is InChI=1S/C11H19N7/c1-8(2)5-18-10(13-7-16-18)4-9(12-3)11-14-6-15-17-11/h6-9,12H,4-5H2,1-3H3,(H,14,15,17). The van der Waals surface area contributed by atoms with Crippen molar-refractivity contribution in [3.05, 3.63) is 24.3 Å². The van der Waals surface area contributed by atoms with Gasteiger partial charge in [0, 0.05) is 13.0 Å². The van der Waals surface area contributed by atoms with Crippen molar-refractivity contribution in [2.24, 2.45) is 5.92 Å². The van der Waals surface area contributed by atoms with Crippen LogP contribution in [-0.2, 0) is 13.0 Å². The Kier molecular flexibility index (Phi) is 4.03. The number of hydrogen-bond acceptors (Lipinski definition) is 5. The molecule has 0 amide bonds. The van der Waals surface area contributed by atoms with E-state index in [0.717, 1.165) is 24.6 Å². The molecule has 2 N–H and O–H groups in total. The zero-order valence-corrected chi connectivity index (χ0v) is 11.0. The van der Waals surface area contributed by atoms with Crippen LogP contribution in [-0.4, -0.2) is 37.0 Å². The normalized spacial score (nSPS) is 13.1. The van der Waals surface area contributed by atoms with Gasteiger partial charge in [-0.1, -0.05) is 13.8 Å². The number of nitrogens with one attached hydrogen (secondary N) is 2. The van der Waals surface area contributed by atoms with Gasteiger partial charge >= 0.3 is 0 Å². The predicted molar refractivity (Wildman–Crippen MR) is 66.7 cm³/mol. The van der Waals surface area contributed by atoms with E-state index in [-0.39, 0.29) is 6.04 Å². The minimum absolute atomic E-state index is 0.0719. The molecule has 7 heteroatoms. The number of aromatic amines is 1. The first kappa shape index (κ1) is 12.7. The van der Waals surface area contributed by atoms with E-state index in [4.69, 9.17) is 0 Å². The van der Waals surface area contributed by atoms with Crippen LogP contribution in [0.25, 0.3) is 0 Å². The van der Waals surface area contributed by atoms with E-state index >= 15 is 0 Å². The van der Waals surface area contributed by atoms with Crippen LogP contribution in [0.3, 0.4) is 0 Å². The molecule has 0 aliphatic heterocycles. The summed E-state index contributed by atoms with van der Waals surface area (Å²) in [5.41, 5.74) is 0. The van der Waals surface area contributed by atoms with Crippen LogP contribution in [0.1, 0.15) is 31.5 Å². The molecule has 0 aliphatic rings. The van der Waals surface area contributed by atoms with Gasteiger partial charge in [-0.25, -0.2) is 14.6 Å². The first-order valence-corrected chi connectivity index (χ1v) is 6.10. The summed E-state index contributed by atoms with van der Waals surface area (Å²) >= 11 is 0. The van der Waals surface area contributed by atoms with Crippen molar-refractivity contribution >= 4 is 0 Å². The Morgan fingerprint density at radius 3 is 2.78 bits per heavy atom. The molecule has 0 radical (unpaired) electrons. The minimum atomic E-state index is 0.0719. The van der Waals surface area contributed by atoms with E-state index in [0.29, 0.717) is 5.92 Å². The molecule has 18 heavy (non-hydrogen) atoms. The summed E-state index contributed by atoms with van der Waals surface area (Å²) in [7, 11) is 1.90. The van der Waals surface area contributed by atoms with Crippen LogP contribution in [0, 0.1) is 5.92 Å². The Morgan fingerprint density at radius 2 is 2.17 bits per heavy atom. The fourth-order valence-electron chi connectivity index (χ4n) is 1.85. The third kappa shape index (κ3) is 2.92. The van der Waals surface area contributed by atoms with E-state index in [9.17, 15) is 0 Å². The Morgan fingerprint density at radius 1 is 1.33 bits per heavy atom. The first-order chi connectivity index (χ1) is 8.70. The minimum Gasteiger partial charge on any atom is -0.310 e. The molecule has 1 atom stereocenters.